The molecule has 0 heterocycles. The SMILES string of the molecule is CC(C)C(C)CNS(=O)(=O)N(C)CCC(=O)O. The fourth-order valence-corrected chi connectivity index (χ4v) is 1.98. The maximum Gasteiger partial charge on any atom is 0.304 e. The monoisotopic (exact) mass is 266 g/mol. The average molecular weight is 266 g/mol. The molecule has 0 aromatic carbocycles. The normalized spacial score (nSPS) is 14.2. The highest BCUT2D eigenvalue weighted by molar-refractivity contribution is 7.87. The number of hydrogen-bond acceptors (Lipinski definition) is 3. The molecule has 0 aliphatic carbocycles. The number of nitrogens with one attached hydrogen (secondary N) is 1. The van der Waals surface area contributed by atoms with E-state index >= 15 is 0 Å². The first-order valence-corrected chi connectivity index (χ1v) is 7.03. The van der Waals surface area contributed by atoms with Gasteiger partial charge in [0.2, 0.25) is 0 Å². The van der Waals surface area contributed by atoms with E-state index in [0.29, 0.717) is 12.5 Å². The first kappa shape index (κ1) is 16.3. The van der Waals surface area contributed by atoms with Crippen LogP contribution in [0.3, 0.4) is 0 Å². The van der Waals surface area contributed by atoms with Gasteiger partial charge in [0.1, 0.15) is 0 Å². The minimum absolute atomic E-state index is 0.0271. The van der Waals surface area contributed by atoms with Crippen molar-refractivity contribution in [3.63, 3.8) is 0 Å². The molecule has 0 rings (SSSR count). The predicted octanol–water partition coefficient (Wildman–Crippen LogP) is 0.519. The number of nitrogens with zero attached hydrogens (tertiary/aromatic N) is 1. The highest BCUT2D eigenvalue weighted by Crippen LogP contribution is 2.08. The van der Waals surface area contributed by atoms with Gasteiger partial charge in [-0.1, -0.05) is 20.8 Å². The van der Waals surface area contributed by atoms with E-state index in [9.17, 15) is 13.2 Å². The number of carboxylic acid groups (broad SMARTS) is 1. The van der Waals surface area contributed by atoms with E-state index in [2.05, 4.69) is 4.72 Å². The first-order chi connectivity index (χ1) is 7.66. The molecule has 0 bridgehead atoms. The largest absolute Gasteiger partial charge is 0.481 e. The third-order valence-electron chi connectivity index (χ3n) is 2.78. The Morgan fingerprint density at radius 2 is 1.88 bits per heavy atom. The molecule has 0 aromatic heterocycles. The molecule has 7 heteroatoms. The smallest absolute Gasteiger partial charge is 0.304 e. The summed E-state index contributed by atoms with van der Waals surface area (Å²) >= 11 is 0. The van der Waals surface area contributed by atoms with Crippen molar-refractivity contribution >= 4 is 16.2 Å². The molecule has 0 aliphatic rings. The third-order valence-corrected chi connectivity index (χ3v) is 4.31. The Bertz CT molecular complexity index is 340. The van der Waals surface area contributed by atoms with Crippen LogP contribution in [0.15, 0.2) is 0 Å². The number of hydrogen-bond donors (Lipinski definition) is 2. The summed E-state index contributed by atoms with van der Waals surface area (Å²) in [7, 11) is -2.20. The Labute approximate surface area is 103 Å². The fourth-order valence-electron chi connectivity index (χ4n) is 0.956. The average Bonchev–Trinajstić information content (AvgIpc) is 2.22. The van der Waals surface area contributed by atoms with E-state index in [4.69, 9.17) is 5.11 Å². The predicted molar refractivity (Wildman–Crippen MR) is 65.8 cm³/mol. The standard InChI is InChI=1S/C10H22N2O4S/c1-8(2)9(3)7-11-17(15,16)12(4)6-5-10(13)14/h8-9,11H,5-7H2,1-4H3,(H,13,14). The molecule has 102 valence electrons. The van der Waals surface area contributed by atoms with Gasteiger partial charge < -0.3 is 5.11 Å². The van der Waals surface area contributed by atoms with Crippen LogP contribution >= 0.6 is 0 Å². The molecule has 0 saturated heterocycles. The summed E-state index contributed by atoms with van der Waals surface area (Å²) in [6.07, 6.45) is -0.197. The minimum Gasteiger partial charge on any atom is -0.481 e. The van der Waals surface area contributed by atoms with Crippen LogP contribution in [-0.2, 0) is 15.0 Å². The van der Waals surface area contributed by atoms with Crippen molar-refractivity contribution in [3.05, 3.63) is 0 Å². The van der Waals surface area contributed by atoms with Crippen LogP contribution < -0.4 is 4.72 Å². The Hall–Kier alpha value is -0.660. The molecule has 0 fully saturated rings. The molecule has 17 heavy (non-hydrogen) atoms. The zero-order chi connectivity index (χ0) is 13.6. The lowest BCUT2D eigenvalue weighted by atomic mass is 9.99. The number of rotatable bonds is 8. The van der Waals surface area contributed by atoms with Crippen molar-refractivity contribution in [1.29, 1.82) is 0 Å². The molecular formula is C10H22N2O4S. The van der Waals surface area contributed by atoms with Gasteiger partial charge in [-0.3, -0.25) is 4.79 Å². The van der Waals surface area contributed by atoms with E-state index < -0.39 is 16.2 Å². The van der Waals surface area contributed by atoms with E-state index in [1.807, 2.05) is 20.8 Å². The van der Waals surface area contributed by atoms with Crippen LogP contribution in [0.4, 0.5) is 0 Å². The lowest BCUT2D eigenvalue weighted by molar-refractivity contribution is -0.137. The van der Waals surface area contributed by atoms with E-state index in [1.54, 1.807) is 0 Å². The maximum atomic E-state index is 11.7. The van der Waals surface area contributed by atoms with Crippen LogP contribution in [0.25, 0.3) is 0 Å². The summed E-state index contributed by atoms with van der Waals surface area (Å²) in [5.74, 6) is -0.387. The highest BCUT2D eigenvalue weighted by Gasteiger charge is 2.19. The number of aliphatic carboxylic acids is 1. The van der Waals surface area contributed by atoms with Crippen molar-refractivity contribution in [2.24, 2.45) is 11.8 Å². The Balaban J connectivity index is 4.23. The van der Waals surface area contributed by atoms with Gasteiger partial charge in [0.15, 0.2) is 0 Å². The molecule has 1 atom stereocenters. The quantitative estimate of drug-likeness (QED) is 0.670. The van der Waals surface area contributed by atoms with Crippen molar-refractivity contribution < 1.29 is 18.3 Å². The van der Waals surface area contributed by atoms with Crippen LogP contribution in [0, 0.1) is 11.8 Å². The van der Waals surface area contributed by atoms with E-state index in [-0.39, 0.29) is 18.9 Å². The van der Waals surface area contributed by atoms with Crippen LogP contribution in [0.1, 0.15) is 27.2 Å². The van der Waals surface area contributed by atoms with Crippen molar-refractivity contribution in [1.82, 2.24) is 9.03 Å². The second kappa shape index (κ2) is 6.93. The summed E-state index contributed by atoms with van der Waals surface area (Å²) in [5.41, 5.74) is 0. The number of carboxylic acids is 1. The lowest BCUT2D eigenvalue weighted by Gasteiger charge is -2.20. The van der Waals surface area contributed by atoms with Gasteiger partial charge in [0, 0.05) is 20.1 Å². The molecular weight excluding hydrogens is 244 g/mol. The Morgan fingerprint density at radius 3 is 2.29 bits per heavy atom. The second-order valence-corrected chi connectivity index (χ2v) is 6.40. The number of carbonyl (C=O) groups is 1. The molecule has 0 spiro atoms. The molecule has 0 radical (unpaired) electrons. The lowest BCUT2D eigenvalue weighted by Crippen LogP contribution is -2.41. The molecule has 6 nitrogen and oxygen atoms in total. The summed E-state index contributed by atoms with van der Waals surface area (Å²) in [4.78, 5) is 10.3. The molecule has 1 unspecified atom stereocenters. The van der Waals surface area contributed by atoms with Gasteiger partial charge in [-0.15, -0.1) is 0 Å². The van der Waals surface area contributed by atoms with Crippen LogP contribution in [0.2, 0.25) is 0 Å². The highest BCUT2D eigenvalue weighted by atomic mass is 32.2. The zero-order valence-corrected chi connectivity index (χ0v) is 11.6. The summed E-state index contributed by atoms with van der Waals surface area (Å²) in [6.45, 7) is 6.34. The van der Waals surface area contributed by atoms with Crippen LogP contribution in [0.5, 0.6) is 0 Å². The molecule has 0 aromatic rings. The molecule has 0 aliphatic heterocycles. The maximum absolute atomic E-state index is 11.7. The zero-order valence-electron chi connectivity index (χ0n) is 10.8. The van der Waals surface area contributed by atoms with Gasteiger partial charge in [-0.05, 0) is 11.8 Å². The fraction of sp³-hybridized carbons (Fsp3) is 0.900. The van der Waals surface area contributed by atoms with Crippen LogP contribution in [-0.4, -0.2) is 43.9 Å². The minimum atomic E-state index is -3.56. The van der Waals surface area contributed by atoms with Gasteiger partial charge in [-0.25, -0.2) is 4.72 Å². The summed E-state index contributed by atoms with van der Waals surface area (Å²) in [5, 5.41) is 8.48. The second-order valence-electron chi connectivity index (χ2n) is 4.54. The van der Waals surface area contributed by atoms with E-state index in [0.717, 1.165) is 4.31 Å². The van der Waals surface area contributed by atoms with Gasteiger partial charge in [0.05, 0.1) is 6.42 Å². The van der Waals surface area contributed by atoms with Crippen molar-refractivity contribution in [2.45, 2.75) is 27.2 Å². The third kappa shape index (κ3) is 6.60. The Kier molecular flexibility index (Phi) is 6.66. The van der Waals surface area contributed by atoms with Gasteiger partial charge in [-0.2, -0.15) is 12.7 Å². The van der Waals surface area contributed by atoms with Gasteiger partial charge in [0.25, 0.3) is 10.2 Å². The summed E-state index contributed by atoms with van der Waals surface area (Å²) in [6, 6.07) is 0. The van der Waals surface area contributed by atoms with E-state index in [1.165, 1.54) is 7.05 Å². The Morgan fingerprint density at radius 1 is 1.35 bits per heavy atom. The topological polar surface area (TPSA) is 86.7 Å². The molecule has 0 saturated carbocycles. The first-order valence-electron chi connectivity index (χ1n) is 5.59. The van der Waals surface area contributed by atoms with Crippen molar-refractivity contribution in [2.75, 3.05) is 20.1 Å². The summed E-state index contributed by atoms with van der Waals surface area (Å²) < 4.78 is 26.9. The molecule has 0 amide bonds. The van der Waals surface area contributed by atoms with Crippen molar-refractivity contribution in [3.8, 4) is 0 Å². The van der Waals surface area contributed by atoms with Gasteiger partial charge >= 0.3 is 5.97 Å². The molecule has 2 N–H and O–H groups in total.